The third kappa shape index (κ3) is 4.40. The molecule has 0 spiro atoms. The molecular weight excluding hydrogens is 382 g/mol. The van der Waals surface area contributed by atoms with Crippen LogP contribution in [0.3, 0.4) is 0 Å². The van der Waals surface area contributed by atoms with Crippen molar-refractivity contribution in [1.82, 2.24) is 10.1 Å². The van der Waals surface area contributed by atoms with Crippen molar-refractivity contribution in [3.8, 4) is 11.4 Å². The molecule has 3 rings (SSSR count). The van der Waals surface area contributed by atoms with Crippen molar-refractivity contribution in [1.29, 1.82) is 0 Å². The molecule has 0 fully saturated rings. The molecule has 0 atom stereocenters. The average Bonchev–Trinajstić information content (AvgIpc) is 3.03. The minimum Gasteiger partial charge on any atom is -0.386 e. The number of oxime groups is 1. The Balaban J connectivity index is 1.57. The SMILES string of the molecule is Clc1ccc(-c2noc(CO/N=C\c3ccc(Br)cc3)n2)cc1. The van der Waals surface area contributed by atoms with Crippen LogP contribution in [0.5, 0.6) is 0 Å². The third-order valence-corrected chi connectivity index (χ3v) is 3.69. The Hall–Kier alpha value is -2.18. The largest absolute Gasteiger partial charge is 0.386 e. The first-order chi connectivity index (χ1) is 11.2. The van der Waals surface area contributed by atoms with Gasteiger partial charge < -0.3 is 9.36 Å². The van der Waals surface area contributed by atoms with Crippen molar-refractivity contribution in [3.05, 3.63) is 69.5 Å². The Kier molecular flexibility index (Phi) is 5.05. The van der Waals surface area contributed by atoms with E-state index in [1.54, 1.807) is 18.3 Å². The molecular formula is C16H11BrClN3O2. The predicted octanol–water partition coefficient (Wildman–Crippen LogP) is 4.70. The molecule has 0 N–H and O–H groups in total. The van der Waals surface area contributed by atoms with E-state index in [1.807, 2.05) is 36.4 Å². The van der Waals surface area contributed by atoms with Crippen LogP contribution >= 0.6 is 27.5 Å². The topological polar surface area (TPSA) is 60.5 Å². The van der Waals surface area contributed by atoms with E-state index in [0.29, 0.717) is 16.7 Å². The zero-order chi connectivity index (χ0) is 16.1. The predicted molar refractivity (Wildman–Crippen MR) is 91.3 cm³/mol. The molecule has 5 nitrogen and oxygen atoms in total. The zero-order valence-corrected chi connectivity index (χ0v) is 14.2. The second kappa shape index (κ2) is 7.39. The van der Waals surface area contributed by atoms with Crippen LogP contribution in [0, 0.1) is 0 Å². The molecule has 7 heteroatoms. The van der Waals surface area contributed by atoms with Gasteiger partial charge in [-0.05, 0) is 42.0 Å². The minimum atomic E-state index is 0.105. The van der Waals surface area contributed by atoms with Crippen LogP contribution in [0.2, 0.25) is 5.02 Å². The number of benzene rings is 2. The summed E-state index contributed by atoms with van der Waals surface area (Å²) >= 11 is 9.22. The molecule has 3 aromatic rings. The fraction of sp³-hybridized carbons (Fsp3) is 0.0625. The van der Waals surface area contributed by atoms with Crippen LogP contribution in [0.25, 0.3) is 11.4 Å². The van der Waals surface area contributed by atoms with Crippen LogP contribution in [-0.2, 0) is 11.4 Å². The van der Waals surface area contributed by atoms with Crippen LogP contribution in [-0.4, -0.2) is 16.4 Å². The Labute approximate surface area is 146 Å². The van der Waals surface area contributed by atoms with E-state index in [-0.39, 0.29) is 6.61 Å². The Morgan fingerprint density at radius 3 is 2.61 bits per heavy atom. The van der Waals surface area contributed by atoms with E-state index in [2.05, 4.69) is 31.2 Å². The zero-order valence-electron chi connectivity index (χ0n) is 11.8. The van der Waals surface area contributed by atoms with Crippen LogP contribution in [0.4, 0.5) is 0 Å². The lowest BCUT2D eigenvalue weighted by Crippen LogP contribution is -1.89. The van der Waals surface area contributed by atoms with E-state index in [9.17, 15) is 0 Å². The number of nitrogens with zero attached hydrogens (tertiary/aromatic N) is 3. The molecule has 1 heterocycles. The van der Waals surface area contributed by atoms with Gasteiger partial charge >= 0.3 is 0 Å². The first-order valence-corrected chi connectivity index (χ1v) is 7.87. The number of aromatic nitrogens is 2. The number of rotatable bonds is 5. The summed E-state index contributed by atoms with van der Waals surface area (Å²) in [6.07, 6.45) is 1.61. The fourth-order valence-corrected chi connectivity index (χ4v) is 2.16. The number of hydrogen-bond donors (Lipinski definition) is 0. The highest BCUT2D eigenvalue weighted by atomic mass is 79.9. The normalized spacial score (nSPS) is 11.0. The molecule has 0 saturated heterocycles. The van der Waals surface area contributed by atoms with E-state index >= 15 is 0 Å². The first-order valence-electron chi connectivity index (χ1n) is 6.70. The Morgan fingerprint density at radius 2 is 1.87 bits per heavy atom. The minimum absolute atomic E-state index is 0.105. The summed E-state index contributed by atoms with van der Waals surface area (Å²) in [5, 5.41) is 8.43. The molecule has 0 aliphatic rings. The van der Waals surface area contributed by atoms with Crippen molar-refractivity contribution in [2.24, 2.45) is 5.16 Å². The van der Waals surface area contributed by atoms with Gasteiger partial charge in [0.1, 0.15) is 0 Å². The van der Waals surface area contributed by atoms with Crippen LogP contribution in [0.1, 0.15) is 11.5 Å². The second-order valence-corrected chi connectivity index (χ2v) is 5.93. The highest BCUT2D eigenvalue weighted by Gasteiger charge is 2.08. The lowest BCUT2D eigenvalue weighted by atomic mass is 10.2. The van der Waals surface area contributed by atoms with Gasteiger partial charge in [0.15, 0.2) is 6.61 Å². The monoisotopic (exact) mass is 391 g/mol. The van der Waals surface area contributed by atoms with E-state index in [4.69, 9.17) is 21.0 Å². The van der Waals surface area contributed by atoms with Gasteiger partial charge in [0.05, 0.1) is 6.21 Å². The Bertz CT molecular complexity index is 801. The molecule has 0 amide bonds. The highest BCUT2D eigenvalue weighted by Crippen LogP contribution is 2.18. The highest BCUT2D eigenvalue weighted by molar-refractivity contribution is 9.10. The van der Waals surface area contributed by atoms with Crippen molar-refractivity contribution < 1.29 is 9.36 Å². The van der Waals surface area contributed by atoms with Gasteiger partial charge in [-0.15, -0.1) is 0 Å². The maximum atomic E-state index is 5.85. The Morgan fingerprint density at radius 1 is 1.13 bits per heavy atom. The molecule has 1 aromatic heterocycles. The van der Waals surface area contributed by atoms with Crippen LogP contribution < -0.4 is 0 Å². The third-order valence-electron chi connectivity index (χ3n) is 2.90. The van der Waals surface area contributed by atoms with Gasteiger partial charge in [-0.2, -0.15) is 4.98 Å². The molecule has 23 heavy (non-hydrogen) atoms. The molecule has 0 aliphatic carbocycles. The molecule has 0 aliphatic heterocycles. The van der Waals surface area contributed by atoms with Crippen molar-refractivity contribution >= 4 is 33.7 Å². The van der Waals surface area contributed by atoms with E-state index < -0.39 is 0 Å². The standard InChI is InChI=1S/C16H11BrClN3O2/c17-13-5-1-11(2-6-13)9-19-22-10-15-20-16(21-23-15)12-3-7-14(18)8-4-12/h1-9H,10H2/b19-9-. The van der Waals surface area contributed by atoms with Crippen LogP contribution in [0.15, 0.2) is 62.7 Å². The molecule has 0 unspecified atom stereocenters. The molecule has 0 bridgehead atoms. The summed E-state index contributed by atoms with van der Waals surface area (Å²) in [6, 6.07) is 14.9. The summed E-state index contributed by atoms with van der Waals surface area (Å²) in [5.74, 6) is 0.833. The summed E-state index contributed by atoms with van der Waals surface area (Å²) in [5.41, 5.74) is 1.75. The summed E-state index contributed by atoms with van der Waals surface area (Å²) in [7, 11) is 0. The van der Waals surface area contributed by atoms with Crippen molar-refractivity contribution in [2.45, 2.75) is 6.61 Å². The maximum absolute atomic E-state index is 5.85. The van der Waals surface area contributed by atoms with Gasteiger partial charge in [-0.3, -0.25) is 0 Å². The smallest absolute Gasteiger partial charge is 0.267 e. The molecule has 2 aromatic carbocycles. The van der Waals surface area contributed by atoms with Gasteiger partial charge in [0.2, 0.25) is 5.82 Å². The second-order valence-electron chi connectivity index (χ2n) is 4.58. The average molecular weight is 393 g/mol. The van der Waals surface area contributed by atoms with Gasteiger partial charge in [-0.1, -0.05) is 50.0 Å². The molecule has 0 radical (unpaired) electrons. The quantitative estimate of drug-likeness (QED) is 0.466. The molecule has 116 valence electrons. The lowest BCUT2D eigenvalue weighted by Gasteiger charge is -1.95. The lowest BCUT2D eigenvalue weighted by molar-refractivity contribution is 0.107. The fourth-order valence-electron chi connectivity index (χ4n) is 1.77. The summed E-state index contributed by atoms with van der Waals surface area (Å²) in [4.78, 5) is 9.40. The maximum Gasteiger partial charge on any atom is 0.267 e. The van der Waals surface area contributed by atoms with Crippen molar-refractivity contribution in [3.63, 3.8) is 0 Å². The van der Waals surface area contributed by atoms with Gasteiger partial charge in [-0.25, -0.2) is 0 Å². The van der Waals surface area contributed by atoms with E-state index in [0.717, 1.165) is 15.6 Å². The molecule has 0 saturated carbocycles. The number of hydrogen-bond acceptors (Lipinski definition) is 5. The van der Waals surface area contributed by atoms with E-state index in [1.165, 1.54) is 0 Å². The number of halogens is 2. The van der Waals surface area contributed by atoms with Gasteiger partial charge in [0.25, 0.3) is 5.89 Å². The summed E-state index contributed by atoms with van der Waals surface area (Å²) < 4.78 is 6.13. The summed E-state index contributed by atoms with van der Waals surface area (Å²) in [6.45, 7) is 0.105. The van der Waals surface area contributed by atoms with Gasteiger partial charge in [0, 0.05) is 15.1 Å². The first kappa shape index (κ1) is 15.7. The van der Waals surface area contributed by atoms with Crippen molar-refractivity contribution in [2.75, 3.05) is 0 Å².